The van der Waals surface area contributed by atoms with E-state index < -0.39 is 57.2 Å². The van der Waals surface area contributed by atoms with Crippen LogP contribution in [0.2, 0.25) is 0 Å². The number of phosphoric ester groups is 4. The molecule has 0 saturated carbocycles. The zero-order valence-corrected chi connectivity index (χ0v) is 44.3. The number of unbranched alkanes of at least 4 members (excludes halogenated alkanes) is 30. The molecule has 0 aromatic carbocycles. The molecule has 21 heteroatoms. The van der Waals surface area contributed by atoms with E-state index in [1.54, 1.807) is 0 Å². The summed E-state index contributed by atoms with van der Waals surface area (Å²) in [5, 5.41) is 0. The van der Waals surface area contributed by atoms with Gasteiger partial charge in [-0.15, -0.1) is 0 Å². The second-order valence-electron chi connectivity index (χ2n) is 16.9. The van der Waals surface area contributed by atoms with E-state index >= 15 is 0 Å². The number of phosphoric acid groups is 4. The van der Waals surface area contributed by atoms with E-state index in [-0.39, 0.29) is 33.0 Å². The van der Waals surface area contributed by atoms with Gasteiger partial charge in [0.25, 0.3) is 0 Å². The van der Waals surface area contributed by atoms with Gasteiger partial charge in [-0.05, 0) is 12.8 Å². The molecule has 0 aliphatic carbocycles. The van der Waals surface area contributed by atoms with Crippen molar-refractivity contribution in [3.63, 3.8) is 0 Å². The third kappa shape index (κ3) is 47.8. The van der Waals surface area contributed by atoms with Crippen LogP contribution in [-0.4, -0.2) is 85.6 Å². The molecule has 0 radical (unpaired) electrons. The molecule has 0 spiro atoms. The van der Waals surface area contributed by atoms with Crippen LogP contribution in [0, 0.1) is 0 Å². The predicted molar refractivity (Wildman–Crippen MR) is 257 cm³/mol. The van der Waals surface area contributed by atoms with E-state index in [2.05, 4.69) is 22.9 Å². The summed E-state index contributed by atoms with van der Waals surface area (Å²) in [4.78, 5) is 40.2. The molecule has 0 aliphatic rings. The Bertz CT molecular complexity index is 1190. The Morgan fingerprint density at radius 1 is 0.323 bits per heavy atom. The Labute approximate surface area is 394 Å². The van der Waals surface area contributed by atoms with E-state index in [1.807, 2.05) is 0 Å². The third-order valence-corrected chi connectivity index (χ3v) is 14.8. The molecule has 4 atom stereocenters. The highest BCUT2D eigenvalue weighted by molar-refractivity contribution is 7.48. The number of hydrogen-bond donors (Lipinski definition) is 4. The smallest absolute Gasteiger partial charge is 0.377 e. The first-order valence-electron chi connectivity index (χ1n) is 25.2. The molecule has 0 heterocycles. The van der Waals surface area contributed by atoms with Gasteiger partial charge in [0.2, 0.25) is 0 Å². The zero-order valence-electron chi connectivity index (χ0n) is 40.7. The molecular weight excluding hydrogens is 924 g/mol. The van der Waals surface area contributed by atoms with Gasteiger partial charge in [-0.25, -0.2) is 18.3 Å². The van der Waals surface area contributed by atoms with Crippen LogP contribution in [0.5, 0.6) is 0 Å². The number of ether oxygens (including phenoxy) is 1. The second kappa shape index (κ2) is 44.3. The summed E-state index contributed by atoms with van der Waals surface area (Å²) < 4.78 is 93.6. The molecule has 0 bridgehead atoms. The van der Waals surface area contributed by atoms with E-state index in [0.29, 0.717) is 12.8 Å². The summed E-state index contributed by atoms with van der Waals surface area (Å²) >= 11 is 0. The molecule has 0 aromatic rings. The zero-order chi connectivity index (χ0) is 48.2. The van der Waals surface area contributed by atoms with Crippen LogP contribution >= 0.6 is 31.3 Å². The van der Waals surface area contributed by atoms with Gasteiger partial charge >= 0.3 is 31.3 Å². The van der Waals surface area contributed by atoms with Crippen molar-refractivity contribution >= 4 is 31.3 Å². The van der Waals surface area contributed by atoms with Crippen molar-refractivity contribution in [2.75, 3.05) is 60.0 Å². The van der Waals surface area contributed by atoms with Crippen molar-refractivity contribution < 1.29 is 78.8 Å². The largest absolute Gasteiger partial charge is 0.472 e. The van der Waals surface area contributed by atoms with Crippen molar-refractivity contribution in [2.24, 2.45) is 0 Å². The summed E-state index contributed by atoms with van der Waals surface area (Å²) in [6.45, 7) is 1.48. The summed E-state index contributed by atoms with van der Waals surface area (Å²) in [5.74, 6) is 0. The number of rotatable bonds is 53. The van der Waals surface area contributed by atoms with Crippen LogP contribution in [0.3, 0.4) is 0 Å². The molecule has 392 valence electrons. The first kappa shape index (κ1) is 65.4. The van der Waals surface area contributed by atoms with Crippen molar-refractivity contribution in [2.45, 2.75) is 225 Å². The SMILES string of the molecule is CCCCCCCCCCCCCCCCCCOP(=O)(O)OCC(COP(=O)(O)OCCCCCCCCCCCCCCCCCC)OP(=O)(O)OCCOCCOP(=O)(O)OC. The molecule has 0 rings (SSSR count). The number of hydrogen-bond acceptors (Lipinski definition) is 13. The highest BCUT2D eigenvalue weighted by Gasteiger charge is 2.33. The Kier molecular flexibility index (Phi) is 44.6. The highest BCUT2D eigenvalue weighted by atomic mass is 31.2. The Hall–Kier alpha value is 0.400. The first-order chi connectivity index (χ1) is 31.2. The molecule has 0 fully saturated rings. The highest BCUT2D eigenvalue weighted by Crippen LogP contribution is 2.49. The minimum absolute atomic E-state index is 0.0543. The first-order valence-corrected chi connectivity index (χ1v) is 31.2. The molecule has 0 aromatic heterocycles. The summed E-state index contributed by atoms with van der Waals surface area (Å²) in [6, 6.07) is 0. The third-order valence-electron chi connectivity index (χ3n) is 10.8. The molecule has 4 unspecified atom stereocenters. The fraction of sp³-hybridized carbons (Fsp3) is 1.00. The molecular formula is C44H94O17P4. The van der Waals surface area contributed by atoms with Crippen molar-refractivity contribution in [3.05, 3.63) is 0 Å². The Morgan fingerprint density at radius 2 is 0.585 bits per heavy atom. The summed E-state index contributed by atoms with van der Waals surface area (Å²) in [5.41, 5.74) is 0. The van der Waals surface area contributed by atoms with Gasteiger partial charge in [0.15, 0.2) is 0 Å². The van der Waals surface area contributed by atoms with Gasteiger partial charge in [-0.3, -0.25) is 36.2 Å². The van der Waals surface area contributed by atoms with Crippen LogP contribution in [-0.2, 0) is 59.2 Å². The van der Waals surface area contributed by atoms with Gasteiger partial charge in [0.1, 0.15) is 6.10 Å². The van der Waals surface area contributed by atoms with Crippen molar-refractivity contribution in [3.8, 4) is 0 Å². The van der Waals surface area contributed by atoms with E-state index in [4.69, 9.17) is 31.9 Å². The summed E-state index contributed by atoms with van der Waals surface area (Å²) in [7, 11) is -17.4. The van der Waals surface area contributed by atoms with E-state index in [9.17, 15) is 37.8 Å². The molecule has 17 nitrogen and oxygen atoms in total. The van der Waals surface area contributed by atoms with Crippen LogP contribution in [0.1, 0.15) is 219 Å². The molecule has 0 amide bonds. The van der Waals surface area contributed by atoms with Crippen LogP contribution in [0.15, 0.2) is 0 Å². The molecule has 4 N–H and O–H groups in total. The second-order valence-corrected chi connectivity index (χ2v) is 22.8. The maximum atomic E-state index is 12.7. The minimum Gasteiger partial charge on any atom is -0.377 e. The fourth-order valence-corrected chi connectivity index (χ4v) is 9.85. The molecule has 0 saturated heterocycles. The predicted octanol–water partition coefficient (Wildman–Crippen LogP) is 14.1. The van der Waals surface area contributed by atoms with Crippen molar-refractivity contribution in [1.29, 1.82) is 0 Å². The lowest BCUT2D eigenvalue weighted by atomic mass is 10.0. The minimum atomic E-state index is -4.91. The van der Waals surface area contributed by atoms with Gasteiger partial charge in [-0.1, -0.05) is 206 Å². The van der Waals surface area contributed by atoms with Gasteiger partial charge < -0.3 is 24.3 Å². The normalized spacial score (nSPS) is 16.2. The van der Waals surface area contributed by atoms with Gasteiger partial charge in [-0.2, -0.15) is 0 Å². The summed E-state index contributed by atoms with van der Waals surface area (Å²) in [6.07, 6.45) is 36.2. The average Bonchev–Trinajstić information content (AvgIpc) is 3.26. The van der Waals surface area contributed by atoms with E-state index in [1.165, 1.54) is 141 Å². The molecule has 0 aliphatic heterocycles. The Balaban J connectivity index is 4.60. The lowest BCUT2D eigenvalue weighted by molar-refractivity contribution is 0.0108. The maximum absolute atomic E-state index is 12.7. The molecule has 65 heavy (non-hydrogen) atoms. The monoisotopic (exact) mass is 1020 g/mol. The standard InChI is InChI=1S/C44H94O17P4/c1-4-6-8-10-12-14-16-18-20-22-24-26-28-30-32-34-36-55-63(47,48)59-42-44(61-65(51,52)58-41-39-54-38-40-57-62(45,46)53-3)43-60-64(49,50)56-37-35-33-31-29-27-25-23-21-19-17-15-13-11-9-7-5-2/h44H,4-43H2,1-3H3,(H,45,46)(H,47,48)(H,49,50)(H,51,52). The quantitative estimate of drug-likeness (QED) is 0.0328. The van der Waals surface area contributed by atoms with Gasteiger partial charge in [0, 0.05) is 7.11 Å². The van der Waals surface area contributed by atoms with Crippen LogP contribution < -0.4 is 0 Å². The average molecular weight is 1020 g/mol. The van der Waals surface area contributed by atoms with Gasteiger partial charge in [0.05, 0.1) is 52.9 Å². The van der Waals surface area contributed by atoms with E-state index in [0.717, 1.165) is 58.5 Å². The Morgan fingerprint density at radius 3 is 0.877 bits per heavy atom. The topological polar surface area (TPSA) is 232 Å². The fourth-order valence-electron chi connectivity index (χ4n) is 6.99. The van der Waals surface area contributed by atoms with Crippen molar-refractivity contribution in [1.82, 2.24) is 0 Å². The lowest BCUT2D eigenvalue weighted by Gasteiger charge is -2.22. The maximum Gasteiger partial charge on any atom is 0.472 e. The van der Waals surface area contributed by atoms with Crippen LogP contribution in [0.4, 0.5) is 0 Å². The lowest BCUT2D eigenvalue weighted by Crippen LogP contribution is -2.25. The van der Waals surface area contributed by atoms with Crippen LogP contribution in [0.25, 0.3) is 0 Å².